The van der Waals surface area contributed by atoms with E-state index >= 15 is 0 Å². The molecule has 0 aromatic heterocycles. The van der Waals surface area contributed by atoms with Crippen molar-refractivity contribution in [1.29, 1.82) is 0 Å². The van der Waals surface area contributed by atoms with Crippen molar-refractivity contribution in [2.24, 2.45) is 0 Å². The van der Waals surface area contributed by atoms with E-state index in [1.165, 1.54) is 0 Å². The Balaban J connectivity index is 2.49. The molecule has 1 atom stereocenters. The molecule has 0 fully saturated rings. The van der Waals surface area contributed by atoms with E-state index in [0.29, 0.717) is 13.0 Å². The highest BCUT2D eigenvalue weighted by molar-refractivity contribution is 5.74. The highest BCUT2D eigenvalue weighted by atomic mass is 16.5. The van der Waals surface area contributed by atoms with Gasteiger partial charge in [-0.1, -0.05) is 30.3 Å². The fraction of sp³-hybridized carbons (Fsp3) is 0.364. The summed E-state index contributed by atoms with van der Waals surface area (Å²) in [4.78, 5) is 11.1. The van der Waals surface area contributed by atoms with E-state index in [1.54, 1.807) is 6.92 Å². The Morgan fingerprint density at radius 3 is 2.64 bits per heavy atom. The maximum atomic E-state index is 11.1. The Bertz CT molecular complexity index is 282. The van der Waals surface area contributed by atoms with E-state index in [9.17, 15) is 9.90 Å². The van der Waals surface area contributed by atoms with Crippen molar-refractivity contribution in [3.05, 3.63) is 35.9 Å². The van der Waals surface area contributed by atoms with Crippen LogP contribution in [0.4, 0.5) is 0 Å². The van der Waals surface area contributed by atoms with Crippen molar-refractivity contribution in [3.63, 3.8) is 0 Å². The molecule has 14 heavy (non-hydrogen) atoms. The highest BCUT2D eigenvalue weighted by Crippen LogP contribution is 2.04. The maximum absolute atomic E-state index is 11.1. The number of benzene rings is 1. The van der Waals surface area contributed by atoms with E-state index in [0.717, 1.165) is 5.56 Å². The minimum atomic E-state index is -1.06. The van der Waals surface area contributed by atoms with Gasteiger partial charge in [-0.15, -0.1) is 0 Å². The van der Waals surface area contributed by atoms with Gasteiger partial charge >= 0.3 is 5.97 Å². The van der Waals surface area contributed by atoms with Crippen molar-refractivity contribution in [3.8, 4) is 0 Å². The van der Waals surface area contributed by atoms with E-state index in [1.807, 2.05) is 30.3 Å². The van der Waals surface area contributed by atoms with Crippen molar-refractivity contribution >= 4 is 5.97 Å². The first-order valence-electron chi connectivity index (χ1n) is 4.62. The van der Waals surface area contributed by atoms with Gasteiger partial charge in [-0.05, 0) is 12.5 Å². The van der Waals surface area contributed by atoms with E-state index in [-0.39, 0.29) is 0 Å². The van der Waals surface area contributed by atoms with Crippen molar-refractivity contribution < 1.29 is 14.6 Å². The van der Waals surface area contributed by atoms with Crippen LogP contribution in [0.25, 0.3) is 0 Å². The Morgan fingerprint density at radius 2 is 2.07 bits per heavy atom. The first-order valence-corrected chi connectivity index (χ1v) is 4.62. The number of aliphatic hydroxyl groups excluding tert-OH is 1. The largest absolute Gasteiger partial charge is 0.464 e. The fourth-order valence-electron chi connectivity index (χ4n) is 1.16. The molecule has 0 radical (unpaired) electrons. The number of carbonyl (C=O) groups is 1. The van der Waals surface area contributed by atoms with Crippen LogP contribution < -0.4 is 0 Å². The molecule has 1 aromatic rings. The second-order valence-corrected chi connectivity index (χ2v) is 2.96. The van der Waals surface area contributed by atoms with Gasteiger partial charge < -0.3 is 9.84 Å². The summed E-state index contributed by atoms with van der Waals surface area (Å²) in [6.45, 7) is 2.01. The third kappa shape index (κ3) is 3.18. The van der Waals surface area contributed by atoms with Gasteiger partial charge in [-0.2, -0.15) is 0 Å². The van der Waals surface area contributed by atoms with Crippen LogP contribution in [-0.4, -0.2) is 23.8 Å². The summed E-state index contributed by atoms with van der Waals surface area (Å²) in [7, 11) is 0. The SMILES string of the molecule is CCOC(=O)C(O)Cc1ccccc1. The summed E-state index contributed by atoms with van der Waals surface area (Å²) >= 11 is 0. The molecule has 0 aliphatic carbocycles. The smallest absolute Gasteiger partial charge is 0.335 e. The summed E-state index contributed by atoms with van der Waals surface area (Å²) in [5.74, 6) is -0.559. The molecule has 0 bridgehead atoms. The average Bonchev–Trinajstić information content (AvgIpc) is 2.19. The molecular formula is C11H14O3. The van der Waals surface area contributed by atoms with E-state index < -0.39 is 12.1 Å². The van der Waals surface area contributed by atoms with Gasteiger partial charge in [0, 0.05) is 6.42 Å². The average molecular weight is 194 g/mol. The Labute approximate surface area is 83.3 Å². The van der Waals surface area contributed by atoms with Crippen LogP contribution in [0.2, 0.25) is 0 Å². The lowest BCUT2D eigenvalue weighted by Crippen LogP contribution is -2.25. The lowest BCUT2D eigenvalue weighted by molar-refractivity contribution is -0.152. The number of rotatable bonds is 4. The van der Waals surface area contributed by atoms with Gasteiger partial charge in [0.25, 0.3) is 0 Å². The topological polar surface area (TPSA) is 46.5 Å². The molecule has 1 rings (SSSR count). The quantitative estimate of drug-likeness (QED) is 0.731. The van der Waals surface area contributed by atoms with E-state index in [2.05, 4.69) is 4.74 Å². The molecule has 0 amide bonds. The van der Waals surface area contributed by atoms with Crippen molar-refractivity contribution in [1.82, 2.24) is 0 Å². The Hall–Kier alpha value is -1.35. The second kappa shape index (κ2) is 5.40. The monoisotopic (exact) mass is 194 g/mol. The third-order valence-corrected chi connectivity index (χ3v) is 1.83. The minimum absolute atomic E-state index is 0.296. The van der Waals surface area contributed by atoms with Gasteiger partial charge in [0.2, 0.25) is 0 Å². The fourth-order valence-corrected chi connectivity index (χ4v) is 1.16. The Morgan fingerprint density at radius 1 is 1.43 bits per heavy atom. The number of aliphatic hydroxyl groups is 1. The maximum Gasteiger partial charge on any atom is 0.335 e. The predicted molar refractivity (Wildman–Crippen MR) is 52.8 cm³/mol. The molecule has 1 aromatic carbocycles. The molecule has 76 valence electrons. The summed E-state index contributed by atoms with van der Waals surface area (Å²) in [6, 6.07) is 9.35. The number of carbonyl (C=O) groups excluding carboxylic acids is 1. The van der Waals surface area contributed by atoms with Crippen LogP contribution in [-0.2, 0) is 16.0 Å². The van der Waals surface area contributed by atoms with Gasteiger partial charge in [0.15, 0.2) is 6.10 Å². The van der Waals surface area contributed by atoms with E-state index in [4.69, 9.17) is 0 Å². The van der Waals surface area contributed by atoms with Crippen LogP contribution in [0.15, 0.2) is 30.3 Å². The molecule has 0 spiro atoms. The van der Waals surface area contributed by atoms with Crippen LogP contribution in [0.1, 0.15) is 12.5 Å². The number of ether oxygens (including phenoxy) is 1. The van der Waals surface area contributed by atoms with Gasteiger partial charge in [-0.3, -0.25) is 0 Å². The normalized spacial score (nSPS) is 12.1. The first kappa shape index (κ1) is 10.7. The summed E-state index contributed by atoms with van der Waals surface area (Å²) < 4.78 is 4.69. The molecule has 0 aliphatic heterocycles. The zero-order valence-electron chi connectivity index (χ0n) is 8.14. The highest BCUT2D eigenvalue weighted by Gasteiger charge is 2.15. The van der Waals surface area contributed by atoms with Crippen molar-refractivity contribution in [2.75, 3.05) is 6.61 Å². The standard InChI is InChI=1S/C11H14O3/c1-2-14-11(13)10(12)8-9-6-4-3-5-7-9/h3-7,10,12H,2,8H2,1H3. The summed E-state index contributed by atoms with van der Waals surface area (Å²) in [5.41, 5.74) is 0.924. The number of hydrogen-bond acceptors (Lipinski definition) is 3. The lowest BCUT2D eigenvalue weighted by atomic mass is 10.1. The van der Waals surface area contributed by atoms with Gasteiger partial charge in [0.1, 0.15) is 0 Å². The van der Waals surface area contributed by atoms with Crippen molar-refractivity contribution in [2.45, 2.75) is 19.4 Å². The van der Waals surface area contributed by atoms with Gasteiger partial charge in [0.05, 0.1) is 6.61 Å². The molecule has 0 saturated carbocycles. The molecular weight excluding hydrogens is 180 g/mol. The predicted octanol–water partition coefficient (Wildman–Crippen LogP) is 1.15. The number of esters is 1. The second-order valence-electron chi connectivity index (χ2n) is 2.96. The molecule has 3 nitrogen and oxygen atoms in total. The summed E-state index contributed by atoms with van der Waals surface area (Å²) in [5, 5.41) is 9.43. The summed E-state index contributed by atoms with van der Waals surface area (Å²) in [6.07, 6.45) is -0.753. The van der Waals surface area contributed by atoms with Gasteiger partial charge in [-0.25, -0.2) is 4.79 Å². The molecule has 1 unspecified atom stereocenters. The molecule has 0 saturated heterocycles. The van der Waals surface area contributed by atoms with Crippen LogP contribution in [0.5, 0.6) is 0 Å². The third-order valence-electron chi connectivity index (χ3n) is 1.83. The van der Waals surface area contributed by atoms with Crippen LogP contribution in [0.3, 0.4) is 0 Å². The molecule has 3 heteroatoms. The zero-order valence-corrected chi connectivity index (χ0v) is 8.14. The lowest BCUT2D eigenvalue weighted by Gasteiger charge is -2.08. The molecule has 0 heterocycles. The minimum Gasteiger partial charge on any atom is -0.464 e. The first-order chi connectivity index (χ1) is 6.74. The van der Waals surface area contributed by atoms with Crippen LogP contribution >= 0.6 is 0 Å². The molecule has 0 aliphatic rings. The molecule has 1 N–H and O–H groups in total. The van der Waals surface area contributed by atoms with Crippen LogP contribution in [0, 0.1) is 0 Å². The Kier molecular flexibility index (Phi) is 4.13. The zero-order chi connectivity index (χ0) is 10.4. The number of hydrogen-bond donors (Lipinski definition) is 1.